The average Bonchev–Trinajstić information content (AvgIpc) is 2.93. The second kappa shape index (κ2) is 6.01. The lowest BCUT2D eigenvalue weighted by Gasteiger charge is -2.05. The second-order valence-corrected chi connectivity index (χ2v) is 5.37. The van der Waals surface area contributed by atoms with Gasteiger partial charge in [-0.2, -0.15) is 0 Å². The number of carbonyl (C=O) groups is 1. The molecular weight excluding hydrogens is 300 g/mol. The number of nitrogens with zero attached hydrogens (tertiary/aromatic N) is 1. The number of rotatable bonds is 3. The van der Waals surface area contributed by atoms with Gasteiger partial charge in [-0.15, -0.1) is 0 Å². The molecule has 1 heterocycles. The molecule has 0 saturated carbocycles. The summed E-state index contributed by atoms with van der Waals surface area (Å²) in [6.45, 7) is 0. The van der Waals surface area contributed by atoms with Crippen LogP contribution < -0.4 is 10.1 Å². The molecule has 1 amide bonds. The summed E-state index contributed by atoms with van der Waals surface area (Å²) in [4.78, 5) is 16.6. The molecule has 1 aliphatic heterocycles. The first-order valence-electron chi connectivity index (χ1n) is 7.62. The van der Waals surface area contributed by atoms with E-state index in [-0.39, 0.29) is 5.91 Å². The highest BCUT2D eigenvalue weighted by molar-refractivity contribution is 6.54. The molecule has 0 spiro atoms. The minimum atomic E-state index is -0.180. The van der Waals surface area contributed by atoms with E-state index >= 15 is 0 Å². The van der Waals surface area contributed by atoms with Crippen LogP contribution in [0.4, 0.5) is 11.4 Å². The fourth-order valence-electron chi connectivity index (χ4n) is 2.56. The fraction of sp³-hybridized carbons (Fsp3) is 0. The van der Waals surface area contributed by atoms with Gasteiger partial charge in [0.05, 0.1) is 11.4 Å². The first kappa shape index (κ1) is 14.2. The van der Waals surface area contributed by atoms with Crippen LogP contribution >= 0.6 is 0 Å². The van der Waals surface area contributed by atoms with Gasteiger partial charge in [-0.05, 0) is 42.5 Å². The molecule has 1 N–H and O–H groups in total. The summed E-state index contributed by atoms with van der Waals surface area (Å²) >= 11 is 0. The van der Waals surface area contributed by atoms with Gasteiger partial charge in [0.1, 0.15) is 17.2 Å². The molecule has 0 bridgehead atoms. The van der Waals surface area contributed by atoms with E-state index in [1.165, 1.54) is 0 Å². The lowest BCUT2D eigenvalue weighted by molar-refractivity contribution is -0.110. The van der Waals surface area contributed by atoms with Crippen LogP contribution in [0.5, 0.6) is 11.5 Å². The van der Waals surface area contributed by atoms with Crippen molar-refractivity contribution in [1.82, 2.24) is 0 Å². The molecule has 0 saturated heterocycles. The number of aliphatic imine (C=N–C) groups is 1. The van der Waals surface area contributed by atoms with Crippen LogP contribution in [0.2, 0.25) is 0 Å². The smallest absolute Gasteiger partial charge is 0.275 e. The molecule has 24 heavy (non-hydrogen) atoms. The van der Waals surface area contributed by atoms with Gasteiger partial charge in [-0.1, -0.05) is 36.4 Å². The van der Waals surface area contributed by atoms with Gasteiger partial charge in [0.15, 0.2) is 0 Å². The summed E-state index contributed by atoms with van der Waals surface area (Å²) in [5.74, 6) is 1.32. The maximum atomic E-state index is 12.1. The third-order valence-electron chi connectivity index (χ3n) is 3.70. The van der Waals surface area contributed by atoms with Crippen LogP contribution in [0.1, 0.15) is 5.56 Å². The number of carbonyl (C=O) groups excluding carboxylic acids is 1. The van der Waals surface area contributed by atoms with E-state index in [4.69, 9.17) is 4.74 Å². The van der Waals surface area contributed by atoms with Crippen LogP contribution in [-0.2, 0) is 4.79 Å². The molecule has 4 nitrogen and oxygen atoms in total. The third-order valence-corrected chi connectivity index (χ3v) is 3.70. The van der Waals surface area contributed by atoms with Crippen LogP contribution in [0, 0.1) is 0 Å². The fourth-order valence-corrected chi connectivity index (χ4v) is 2.56. The number of benzene rings is 3. The maximum absolute atomic E-state index is 12.1. The van der Waals surface area contributed by atoms with E-state index in [1.54, 1.807) is 0 Å². The second-order valence-electron chi connectivity index (χ2n) is 5.37. The van der Waals surface area contributed by atoms with Crippen LogP contribution in [0.25, 0.3) is 0 Å². The SMILES string of the molecule is O=C1Nc2ccccc2C1=Nc1ccc(Oc2ccccc2)cc1. The van der Waals surface area contributed by atoms with E-state index in [0.29, 0.717) is 11.4 Å². The van der Waals surface area contributed by atoms with Gasteiger partial charge < -0.3 is 10.1 Å². The van der Waals surface area contributed by atoms with Crippen LogP contribution in [0.15, 0.2) is 83.9 Å². The van der Waals surface area contributed by atoms with Crippen molar-refractivity contribution in [2.75, 3.05) is 5.32 Å². The normalized spacial score (nSPS) is 14.3. The van der Waals surface area contributed by atoms with Gasteiger partial charge >= 0.3 is 0 Å². The van der Waals surface area contributed by atoms with Crippen molar-refractivity contribution in [3.63, 3.8) is 0 Å². The Balaban J connectivity index is 1.59. The van der Waals surface area contributed by atoms with E-state index in [9.17, 15) is 4.79 Å². The number of hydrogen-bond acceptors (Lipinski definition) is 3. The Labute approximate surface area is 139 Å². The molecule has 4 rings (SSSR count). The van der Waals surface area contributed by atoms with Gasteiger partial charge in [0.2, 0.25) is 0 Å². The summed E-state index contributed by atoms with van der Waals surface area (Å²) in [5, 5.41) is 2.82. The Hall–Kier alpha value is -3.40. The Morgan fingerprint density at radius 2 is 1.42 bits per heavy atom. The third kappa shape index (κ3) is 2.77. The van der Waals surface area contributed by atoms with Crippen molar-refractivity contribution in [1.29, 1.82) is 0 Å². The first-order valence-corrected chi connectivity index (χ1v) is 7.62. The van der Waals surface area contributed by atoms with Crippen molar-refractivity contribution in [2.24, 2.45) is 4.99 Å². The summed E-state index contributed by atoms with van der Waals surface area (Å²) in [6, 6.07) is 24.5. The van der Waals surface area contributed by atoms with Gasteiger partial charge in [-0.3, -0.25) is 4.79 Å². The van der Waals surface area contributed by atoms with Crippen molar-refractivity contribution < 1.29 is 9.53 Å². The Bertz CT molecular complexity index is 916. The zero-order valence-corrected chi connectivity index (χ0v) is 12.8. The van der Waals surface area contributed by atoms with Crippen molar-refractivity contribution in [3.8, 4) is 11.5 Å². The van der Waals surface area contributed by atoms with E-state index in [1.807, 2.05) is 78.9 Å². The predicted molar refractivity (Wildman–Crippen MR) is 94.2 cm³/mol. The molecule has 116 valence electrons. The summed E-state index contributed by atoms with van der Waals surface area (Å²) in [6.07, 6.45) is 0. The topological polar surface area (TPSA) is 50.7 Å². The first-order chi connectivity index (χ1) is 11.8. The molecule has 0 aromatic heterocycles. The number of para-hydroxylation sites is 2. The molecule has 0 atom stereocenters. The zero-order chi connectivity index (χ0) is 16.4. The number of anilines is 1. The zero-order valence-electron chi connectivity index (χ0n) is 12.8. The van der Waals surface area contributed by atoms with E-state index < -0.39 is 0 Å². The highest BCUT2D eigenvalue weighted by Crippen LogP contribution is 2.27. The average molecular weight is 314 g/mol. The minimum Gasteiger partial charge on any atom is -0.457 e. The quantitative estimate of drug-likeness (QED) is 0.771. The molecule has 0 unspecified atom stereocenters. The molecule has 0 aliphatic carbocycles. The van der Waals surface area contributed by atoms with Crippen molar-refractivity contribution in [3.05, 3.63) is 84.4 Å². The highest BCUT2D eigenvalue weighted by atomic mass is 16.5. The van der Waals surface area contributed by atoms with Gasteiger partial charge in [0, 0.05) is 5.56 Å². The summed E-state index contributed by atoms with van der Waals surface area (Å²) < 4.78 is 5.75. The molecule has 3 aromatic rings. The molecule has 0 radical (unpaired) electrons. The lowest BCUT2D eigenvalue weighted by atomic mass is 10.1. The summed E-state index contributed by atoms with van der Waals surface area (Å²) in [7, 11) is 0. The molecule has 1 aliphatic rings. The summed E-state index contributed by atoms with van der Waals surface area (Å²) in [5.41, 5.74) is 2.76. The lowest BCUT2D eigenvalue weighted by Crippen LogP contribution is -2.13. The number of ether oxygens (including phenoxy) is 1. The van der Waals surface area contributed by atoms with Crippen LogP contribution in [-0.4, -0.2) is 11.6 Å². The Kier molecular flexibility index (Phi) is 3.56. The minimum absolute atomic E-state index is 0.180. The largest absolute Gasteiger partial charge is 0.457 e. The number of nitrogens with one attached hydrogen (secondary N) is 1. The monoisotopic (exact) mass is 314 g/mol. The number of hydrogen-bond donors (Lipinski definition) is 1. The van der Waals surface area contributed by atoms with E-state index in [0.717, 1.165) is 22.7 Å². The number of amides is 1. The van der Waals surface area contributed by atoms with Crippen LogP contribution in [0.3, 0.4) is 0 Å². The van der Waals surface area contributed by atoms with Crippen molar-refractivity contribution >= 4 is 23.0 Å². The molecule has 4 heteroatoms. The Morgan fingerprint density at radius 3 is 2.21 bits per heavy atom. The molecular formula is C20H14N2O2. The number of fused-ring (bicyclic) bond motifs is 1. The maximum Gasteiger partial charge on any atom is 0.275 e. The molecule has 3 aromatic carbocycles. The van der Waals surface area contributed by atoms with Gasteiger partial charge in [0.25, 0.3) is 5.91 Å². The van der Waals surface area contributed by atoms with E-state index in [2.05, 4.69) is 10.3 Å². The standard InChI is InChI=1S/C20H14N2O2/c23-20-19(17-8-4-5-9-18(17)22-20)21-14-10-12-16(13-11-14)24-15-6-2-1-3-7-15/h1-13H,(H,21,22,23). The molecule has 0 fully saturated rings. The van der Waals surface area contributed by atoms with Gasteiger partial charge in [-0.25, -0.2) is 4.99 Å². The Morgan fingerprint density at radius 1 is 0.750 bits per heavy atom. The highest BCUT2D eigenvalue weighted by Gasteiger charge is 2.25. The predicted octanol–water partition coefficient (Wildman–Crippen LogP) is 4.55. The van der Waals surface area contributed by atoms with Crippen molar-refractivity contribution in [2.45, 2.75) is 0 Å².